The number of hydrogen-bond acceptors (Lipinski definition) is 4. The van der Waals surface area contributed by atoms with E-state index in [-0.39, 0.29) is 18.4 Å². The Hall–Kier alpha value is -2.37. The number of esters is 1. The van der Waals surface area contributed by atoms with Crippen LogP contribution in [0, 0.1) is 5.92 Å². The van der Waals surface area contributed by atoms with Crippen molar-refractivity contribution in [3.05, 3.63) is 29.8 Å². The minimum absolute atomic E-state index is 0.237. The number of hydrogen-bond donors (Lipinski definition) is 1. The number of likely N-dealkylation sites (tertiary alicyclic amines) is 1. The molecule has 1 heterocycles. The predicted octanol–water partition coefficient (Wildman–Crippen LogP) is 1.99. The summed E-state index contributed by atoms with van der Waals surface area (Å²) in [6.45, 7) is 4.78. The van der Waals surface area contributed by atoms with Gasteiger partial charge >= 0.3 is 17.8 Å². The van der Waals surface area contributed by atoms with Gasteiger partial charge in [-0.25, -0.2) is 0 Å². The van der Waals surface area contributed by atoms with Crippen LogP contribution in [-0.2, 0) is 25.5 Å². The molecule has 24 heavy (non-hydrogen) atoms. The lowest BCUT2D eigenvalue weighted by atomic mass is 9.98. The summed E-state index contributed by atoms with van der Waals surface area (Å²) in [6.07, 6.45) is 2.14. The van der Waals surface area contributed by atoms with E-state index in [2.05, 4.69) is 5.32 Å². The number of nitrogens with zero attached hydrogens (tertiary/aromatic N) is 1. The topological polar surface area (TPSA) is 75.7 Å². The molecule has 6 nitrogen and oxygen atoms in total. The average Bonchev–Trinajstić information content (AvgIpc) is 2.61. The zero-order valence-electron chi connectivity index (χ0n) is 14.2. The number of anilines is 1. The van der Waals surface area contributed by atoms with Gasteiger partial charge in [0.1, 0.15) is 0 Å². The van der Waals surface area contributed by atoms with Crippen molar-refractivity contribution in [1.82, 2.24) is 4.90 Å². The maximum Gasteiger partial charge on any atom is 0.313 e. The summed E-state index contributed by atoms with van der Waals surface area (Å²) in [7, 11) is 0. The molecule has 0 aliphatic carbocycles. The molecule has 2 amide bonds. The molecule has 1 fully saturated rings. The molecule has 130 valence electrons. The molecule has 1 aromatic carbocycles. The van der Waals surface area contributed by atoms with Crippen molar-refractivity contribution < 1.29 is 19.1 Å². The third-order valence-corrected chi connectivity index (χ3v) is 4.17. The normalized spacial score (nSPS) is 17.2. The monoisotopic (exact) mass is 332 g/mol. The first-order chi connectivity index (χ1) is 11.6. The van der Waals surface area contributed by atoms with E-state index in [0.717, 1.165) is 12.0 Å². The molecule has 1 saturated heterocycles. The smallest absolute Gasteiger partial charge is 0.313 e. The average molecular weight is 332 g/mol. The molecule has 1 aliphatic heterocycles. The fourth-order valence-corrected chi connectivity index (χ4v) is 2.88. The maximum atomic E-state index is 12.4. The molecular formula is C18H24N2O4. The van der Waals surface area contributed by atoms with E-state index in [1.807, 2.05) is 25.1 Å². The van der Waals surface area contributed by atoms with Gasteiger partial charge in [-0.05, 0) is 37.8 Å². The van der Waals surface area contributed by atoms with Gasteiger partial charge in [0.05, 0.1) is 12.5 Å². The molecular weight excluding hydrogens is 308 g/mol. The van der Waals surface area contributed by atoms with Gasteiger partial charge in [-0.15, -0.1) is 0 Å². The molecule has 1 unspecified atom stereocenters. The lowest BCUT2D eigenvalue weighted by Crippen LogP contribution is -2.47. The van der Waals surface area contributed by atoms with E-state index >= 15 is 0 Å². The zero-order valence-corrected chi connectivity index (χ0v) is 14.2. The first kappa shape index (κ1) is 18.0. The van der Waals surface area contributed by atoms with Crippen LogP contribution in [0.15, 0.2) is 24.3 Å². The van der Waals surface area contributed by atoms with Crippen molar-refractivity contribution in [1.29, 1.82) is 0 Å². The molecule has 2 rings (SSSR count). The third kappa shape index (κ3) is 4.34. The van der Waals surface area contributed by atoms with Crippen molar-refractivity contribution in [2.45, 2.75) is 33.1 Å². The van der Waals surface area contributed by atoms with Crippen LogP contribution < -0.4 is 5.32 Å². The van der Waals surface area contributed by atoms with Gasteiger partial charge in [0.2, 0.25) is 0 Å². The number of rotatable bonds is 4. The van der Waals surface area contributed by atoms with Crippen LogP contribution in [0.2, 0.25) is 0 Å². The first-order valence-electron chi connectivity index (χ1n) is 8.41. The van der Waals surface area contributed by atoms with Crippen molar-refractivity contribution in [3.8, 4) is 0 Å². The third-order valence-electron chi connectivity index (χ3n) is 4.17. The fraction of sp³-hybridized carbons (Fsp3) is 0.500. The van der Waals surface area contributed by atoms with Gasteiger partial charge in [-0.1, -0.05) is 25.1 Å². The van der Waals surface area contributed by atoms with Crippen LogP contribution in [0.4, 0.5) is 5.69 Å². The van der Waals surface area contributed by atoms with Crippen LogP contribution in [-0.4, -0.2) is 42.4 Å². The minimum atomic E-state index is -0.666. The Morgan fingerprint density at radius 1 is 1.25 bits per heavy atom. The zero-order chi connectivity index (χ0) is 17.5. The molecule has 6 heteroatoms. The van der Waals surface area contributed by atoms with Crippen molar-refractivity contribution in [2.24, 2.45) is 5.92 Å². The van der Waals surface area contributed by atoms with Crippen molar-refractivity contribution in [3.63, 3.8) is 0 Å². The number of ether oxygens (including phenoxy) is 1. The largest absolute Gasteiger partial charge is 0.466 e. The molecule has 1 N–H and O–H groups in total. The van der Waals surface area contributed by atoms with Crippen LogP contribution in [0.1, 0.15) is 32.3 Å². The highest BCUT2D eigenvalue weighted by Gasteiger charge is 2.32. The van der Waals surface area contributed by atoms with Gasteiger partial charge in [0.25, 0.3) is 0 Å². The molecule has 1 atom stereocenters. The lowest BCUT2D eigenvalue weighted by Gasteiger charge is -2.31. The highest BCUT2D eigenvalue weighted by Crippen LogP contribution is 2.19. The number of benzene rings is 1. The highest BCUT2D eigenvalue weighted by atomic mass is 16.5. The summed E-state index contributed by atoms with van der Waals surface area (Å²) in [5.74, 6) is -1.92. The van der Waals surface area contributed by atoms with E-state index in [4.69, 9.17) is 4.74 Å². The number of para-hydroxylation sites is 1. The summed E-state index contributed by atoms with van der Waals surface area (Å²) in [5.41, 5.74) is 1.62. The van der Waals surface area contributed by atoms with E-state index < -0.39 is 11.8 Å². The van der Waals surface area contributed by atoms with Gasteiger partial charge < -0.3 is 15.0 Å². The van der Waals surface area contributed by atoms with Crippen LogP contribution in [0.25, 0.3) is 0 Å². The van der Waals surface area contributed by atoms with Gasteiger partial charge in [0.15, 0.2) is 0 Å². The molecule has 0 spiro atoms. The Bertz CT molecular complexity index is 615. The van der Waals surface area contributed by atoms with E-state index in [0.29, 0.717) is 31.7 Å². The number of carbonyl (C=O) groups excluding carboxylic acids is 3. The number of nitrogens with one attached hydrogen (secondary N) is 1. The number of amides is 2. The number of aryl methyl sites for hydroxylation is 1. The fourth-order valence-electron chi connectivity index (χ4n) is 2.88. The second kappa shape index (κ2) is 8.47. The Morgan fingerprint density at radius 2 is 2.00 bits per heavy atom. The predicted molar refractivity (Wildman–Crippen MR) is 90.4 cm³/mol. The first-order valence-corrected chi connectivity index (χ1v) is 8.41. The van der Waals surface area contributed by atoms with Gasteiger partial charge in [0, 0.05) is 18.8 Å². The molecule has 0 saturated carbocycles. The molecule has 0 radical (unpaired) electrons. The van der Waals surface area contributed by atoms with Gasteiger partial charge in [-0.2, -0.15) is 0 Å². The SMILES string of the molecule is CCOC(=O)C1CCCN(C(=O)C(=O)Nc2ccccc2CC)C1. The molecule has 0 aromatic heterocycles. The summed E-state index contributed by atoms with van der Waals surface area (Å²) >= 11 is 0. The van der Waals surface area contributed by atoms with Gasteiger partial charge in [-0.3, -0.25) is 14.4 Å². The second-order valence-electron chi connectivity index (χ2n) is 5.81. The van der Waals surface area contributed by atoms with Crippen LogP contribution in [0.3, 0.4) is 0 Å². The quantitative estimate of drug-likeness (QED) is 0.676. The summed E-state index contributed by atoms with van der Waals surface area (Å²) in [5, 5.41) is 2.68. The van der Waals surface area contributed by atoms with Crippen LogP contribution in [0.5, 0.6) is 0 Å². The summed E-state index contributed by atoms with van der Waals surface area (Å²) in [4.78, 5) is 37.9. The van der Waals surface area contributed by atoms with E-state index in [9.17, 15) is 14.4 Å². The molecule has 1 aromatic rings. The Morgan fingerprint density at radius 3 is 2.71 bits per heavy atom. The number of carbonyl (C=O) groups is 3. The summed E-state index contributed by atoms with van der Waals surface area (Å²) in [6, 6.07) is 7.40. The Balaban J connectivity index is 1.99. The Labute approximate surface area is 142 Å². The summed E-state index contributed by atoms with van der Waals surface area (Å²) < 4.78 is 5.02. The van der Waals surface area contributed by atoms with Crippen molar-refractivity contribution >= 4 is 23.5 Å². The minimum Gasteiger partial charge on any atom is -0.466 e. The second-order valence-corrected chi connectivity index (χ2v) is 5.81. The standard InChI is InChI=1S/C18H24N2O4/c1-3-13-8-5-6-10-15(13)19-16(21)17(22)20-11-7-9-14(12-20)18(23)24-4-2/h5-6,8,10,14H,3-4,7,9,11-12H2,1-2H3,(H,19,21). The van der Waals surface area contributed by atoms with Crippen molar-refractivity contribution in [2.75, 3.05) is 25.0 Å². The molecule has 0 bridgehead atoms. The lowest BCUT2D eigenvalue weighted by molar-refractivity contribution is -0.153. The number of piperidine rings is 1. The van der Waals surface area contributed by atoms with E-state index in [1.165, 1.54) is 4.90 Å². The highest BCUT2D eigenvalue weighted by molar-refractivity contribution is 6.39. The molecule has 1 aliphatic rings. The van der Waals surface area contributed by atoms with Crippen LogP contribution >= 0.6 is 0 Å². The maximum absolute atomic E-state index is 12.4. The Kier molecular flexibility index (Phi) is 6.35. The van der Waals surface area contributed by atoms with E-state index in [1.54, 1.807) is 13.0 Å².